The average molecular weight is 453 g/mol. The fourth-order valence-electron chi connectivity index (χ4n) is 3.95. The van der Waals surface area contributed by atoms with E-state index in [-0.39, 0.29) is 11.9 Å². The van der Waals surface area contributed by atoms with Gasteiger partial charge in [-0.05, 0) is 56.9 Å². The summed E-state index contributed by atoms with van der Waals surface area (Å²) in [6, 6.07) is 17.0. The molecule has 0 heterocycles. The summed E-state index contributed by atoms with van der Waals surface area (Å²) in [6.45, 7) is 5.87. The minimum absolute atomic E-state index is 0.162. The summed E-state index contributed by atoms with van der Waals surface area (Å²) in [5, 5.41) is 5.90. The number of benzene rings is 2. The average Bonchev–Trinajstić information content (AvgIpc) is 2.78. The van der Waals surface area contributed by atoms with Gasteiger partial charge in [-0.25, -0.2) is 4.79 Å². The Hall–Kier alpha value is -3.02. The first kappa shape index (κ1) is 24.6. The molecule has 0 aliphatic heterocycles. The zero-order valence-electron chi connectivity index (χ0n) is 19.9. The van der Waals surface area contributed by atoms with Crippen molar-refractivity contribution in [1.82, 2.24) is 10.6 Å². The number of hydrogen-bond acceptors (Lipinski definition) is 4. The highest BCUT2D eigenvalue weighted by atomic mass is 16.6. The van der Waals surface area contributed by atoms with Crippen LogP contribution in [0.3, 0.4) is 0 Å². The van der Waals surface area contributed by atoms with Gasteiger partial charge >= 0.3 is 6.09 Å². The number of carbonyl (C=O) groups is 2. The molecule has 1 saturated carbocycles. The molecule has 0 radical (unpaired) electrons. The normalized spacial score (nSPS) is 15.4. The van der Waals surface area contributed by atoms with Crippen molar-refractivity contribution in [3.8, 4) is 5.75 Å². The molecule has 178 valence electrons. The number of nitrogens with one attached hydrogen (secondary N) is 2. The molecule has 0 bridgehead atoms. The summed E-state index contributed by atoms with van der Waals surface area (Å²) in [5.41, 5.74) is 1.35. The Morgan fingerprint density at radius 1 is 0.970 bits per heavy atom. The van der Waals surface area contributed by atoms with Crippen molar-refractivity contribution >= 4 is 12.0 Å². The van der Waals surface area contributed by atoms with E-state index >= 15 is 0 Å². The van der Waals surface area contributed by atoms with E-state index < -0.39 is 17.7 Å². The molecule has 1 aliphatic carbocycles. The highest BCUT2D eigenvalue weighted by Crippen LogP contribution is 2.19. The Morgan fingerprint density at radius 3 is 2.36 bits per heavy atom. The Balaban J connectivity index is 1.67. The maximum Gasteiger partial charge on any atom is 0.408 e. The second kappa shape index (κ2) is 11.7. The Bertz CT molecular complexity index is 902. The number of alkyl carbamates (subject to hydrolysis) is 1. The van der Waals surface area contributed by atoms with Crippen molar-refractivity contribution in [2.75, 3.05) is 0 Å². The fraction of sp³-hybridized carbons (Fsp3) is 0.481. The second-order valence-corrected chi connectivity index (χ2v) is 9.67. The highest BCUT2D eigenvalue weighted by Gasteiger charge is 2.27. The smallest absolute Gasteiger partial charge is 0.408 e. The summed E-state index contributed by atoms with van der Waals surface area (Å²) in [7, 11) is 0. The van der Waals surface area contributed by atoms with E-state index in [9.17, 15) is 9.59 Å². The zero-order valence-corrected chi connectivity index (χ0v) is 19.9. The minimum atomic E-state index is -0.730. The van der Waals surface area contributed by atoms with Gasteiger partial charge in [0.15, 0.2) is 0 Å². The molecule has 2 N–H and O–H groups in total. The number of carbonyl (C=O) groups excluding carboxylic acids is 2. The van der Waals surface area contributed by atoms with Crippen LogP contribution < -0.4 is 15.4 Å². The lowest BCUT2D eigenvalue weighted by Gasteiger charge is -2.27. The molecular formula is C27H36N2O4. The summed E-state index contributed by atoms with van der Waals surface area (Å²) in [4.78, 5) is 25.5. The van der Waals surface area contributed by atoms with Crippen molar-refractivity contribution in [2.45, 2.75) is 83.6 Å². The van der Waals surface area contributed by atoms with Crippen LogP contribution in [0.25, 0.3) is 0 Å². The highest BCUT2D eigenvalue weighted by molar-refractivity contribution is 5.86. The summed E-state index contributed by atoms with van der Waals surface area (Å²) in [6.07, 6.45) is 5.16. The Morgan fingerprint density at radius 2 is 1.67 bits per heavy atom. The van der Waals surface area contributed by atoms with Gasteiger partial charge in [-0.1, -0.05) is 61.7 Å². The Labute approximate surface area is 197 Å². The van der Waals surface area contributed by atoms with Crippen LogP contribution in [0.2, 0.25) is 0 Å². The third-order valence-corrected chi connectivity index (χ3v) is 5.55. The van der Waals surface area contributed by atoms with Crippen molar-refractivity contribution in [3.63, 3.8) is 0 Å². The SMILES string of the molecule is CC(C)(C)OC(=O)N[C@@H](Cc1cccc(OCc2ccccc2)c1)C(=O)NC1CCCCC1. The predicted octanol–water partition coefficient (Wildman–Crippen LogP) is 5.15. The van der Waals surface area contributed by atoms with E-state index in [1.165, 1.54) is 6.42 Å². The molecule has 1 atom stereocenters. The van der Waals surface area contributed by atoms with E-state index in [1.807, 2.05) is 54.6 Å². The standard InChI is InChI=1S/C27H36N2O4/c1-27(2,3)33-26(31)29-24(25(30)28-22-14-8-5-9-15-22)18-21-13-10-16-23(17-21)32-19-20-11-6-4-7-12-20/h4,6-7,10-13,16-17,22,24H,5,8-9,14-15,18-19H2,1-3H3,(H,28,30)(H,29,31)/t24-/m0/s1. The van der Waals surface area contributed by atoms with E-state index in [0.717, 1.165) is 42.6 Å². The molecule has 0 spiro atoms. The van der Waals surface area contributed by atoms with Crippen LogP contribution in [0, 0.1) is 0 Å². The van der Waals surface area contributed by atoms with Crippen LogP contribution in [-0.2, 0) is 22.6 Å². The van der Waals surface area contributed by atoms with Crippen LogP contribution in [0.4, 0.5) is 4.79 Å². The lowest BCUT2D eigenvalue weighted by atomic mass is 9.95. The molecule has 33 heavy (non-hydrogen) atoms. The van der Waals surface area contributed by atoms with Crippen LogP contribution in [-0.4, -0.2) is 29.7 Å². The van der Waals surface area contributed by atoms with Gasteiger partial charge in [0, 0.05) is 12.5 Å². The molecule has 6 nitrogen and oxygen atoms in total. The number of ether oxygens (including phenoxy) is 2. The first-order chi connectivity index (χ1) is 15.8. The molecule has 1 aliphatic rings. The number of rotatable bonds is 8. The van der Waals surface area contributed by atoms with E-state index in [0.29, 0.717) is 13.0 Å². The van der Waals surface area contributed by atoms with Crippen molar-refractivity contribution in [3.05, 3.63) is 65.7 Å². The molecule has 2 amide bonds. The largest absolute Gasteiger partial charge is 0.489 e. The first-order valence-electron chi connectivity index (χ1n) is 11.8. The van der Waals surface area contributed by atoms with Gasteiger partial charge in [0.05, 0.1) is 0 Å². The van der Waals surface area contributed by atoms with Crippen LogP contribution in [0.5, 0.6) is 5.75 Å². The van der Waals surface area contributed by atoms with Crippen molar-refractivity contribution in [2.24, 2.45) is 0 Å². The van der Waals surface area contributed by atoms with Gasteiger partial charge in [-0.3, -0.25) is 4.79 Å². The van der Waals surface area contributed by atoms with Gasteiger partial charge in [-0.15, -0.1) is 0 Å². The molecule has 0 unspecified atom stereocenters. The van der Waals surface area contributed by atoms with Gasteiger partial charge in [0.1, 0.15) is 24.0 Å². The second-order valence-electron chi connectivity index (χ2n) is 9.67. The molecular weight excluding hydrogens is 416 g/mol. The van der Waals surface area contributed by atoms with Gasteiger partial charge in [-0.2, -0.15) is 0 Å². The lowest BCUT2D eigenvalue weighted by Crippen LogP contribution is -2.51. The maximum absolute atomic E-state index is 13.1. The molecule has 3 rings (SSSR count). The van der Waals surface area contributed by atoms with E-state index in [2.05, 4.69) is 10.6 Å². The fourth-order valence-corrected chi connectivity index (χ4v) is 3.95. The Kier molecular flexibility index (Phi) is 8.75. The van der Waals surface area contributed by atoms with Crippen LogP contribution >= 0.6 is 0 Å². The monoisotopic (exact) mass is 452 g/mol. The summed E-state index contributed by atoms with van der Waals surface area (Å²) < 4.78 is 11.3. The van der Waals surface area contributed by atoms with Gasteiger partial charge < -0.3 is 20.1 Å². The maximum atomic E-state index is 13.1. The molecule has 2 aromatic carbocycles. The van der Waals surface area contributed by atoms with Crippen molar-refractivity contribution in [1.29, 1.82) is 0 Å². The third-order valence-electron chi connectivity index (χ3n) is 5.55. The van der Waals surface area contributed by atoms with E-state index in [1.54, 1.807) is 20.8 Å². The van der Waals surface area contributed by atoms with Crippen LogP contribution in [0.1, 0.15) is 64.0 Å². The molecule has 2 aromatic rings. The van der Waals surface area contributed by atoms with E-state index in [4.69, 9.17) is 9.47 Å². The number of hydrogen-bond donors (Lipinski definition) is 2. The zero-order chi connectivity index (χ0) is 23.7. The predicted molar refractivity (Wildman–Crippen MR) is 129 cm³/mol. The quantitative estimate of drug-likeness (QED) is 0.581. The summed E-state index contributed by atoms with van der Waals surface area (Å²) in [5.74, 6) is 0.545. The molecule has 0 saturated heterocycles. The van der Waals surface area contributed by atoms with Gasteiger partial charge in [0.2, 0.25) is 5.91 Å². The van der Waals surface area contributed by atoms with Crippen molar-refractivity contribution < 1.29 is 19.1 Å². The summed E-state index contributed by atoms with van der Waals surface area (Å²) >= 11 is 0. The topological polar surface area (TPSA) is 76.7 Å². The molecule has 6 heteroatoms. The first-order valence-corrected chi connectivity index (χ1v) is 11.8. The van der Waals surface area contributed by atoms with Gasteiger partial charge in [0.25, 0.3) is 0 Å². The molecule has 1 fully saturated rings. The minimum Gasteiger partial charge on any atom is -0.489 e. The lowest BCUT2D eigenvalue weighted by molar-refractivity contribution is -0.124. The third kappa shape index (κ3) is 8.79. The van der Waals surface area contributed by atoms with Crippen LogP contribution in [0.15, 0.2) is 54.6 Å². The molecule has 0 aromatic heterocycles. The number of amides is 2.